The largest absolute Gasteiger partial charge is 0.316 e. The highest BCUT2D eigenvalue weighted by Crippen LogP contribution is 2.43. The summed E-state index contributed by atoms with van der Waals surface area (Å²) in [5.74, 6) is 0.832. The summed E-state index contributed by atoms with van der Waals surface area (Å²) in [5.41, 5.74) is 1.66. The van der Waals surface area contributed by atoms with Crippen molar-refractivity contribution in [2.75, 3.05) is 19.6 Å². The molecule has 4 nitrogen and oxygen atoms in total. The summed E-state index contributed by atoms with van der Waals surface area (Å²) in [6.45, 7) is 10.5. The molecule has 3 rings (SSSR count). The third-order valence-electron chi connectivity index (χ3n) is 5.07. The Bertz CT molecular complexity index is 647. The molecule has 0 aromatic heterocycles. The lowest BCUT2D eigenvalue weighted by Crippen LogP contribution is -2.47. The van der Waals surface area contributed by atoms with Gasteiger partial charge < -0.3 is 5.32 Å². The number of hydrogen-bond acceptors (Lipinski definition) is 3. The van der Waals surface area contributed by atoms with E-state index in [1.807, 2.05) is 19.9 Å². The van der Waals surface area contributed by atoms with Gasteiger partial charge >= 0.3 is 0 Å². The molecule has 0 radical (unpaired) electrons. The molecule has 0 aliphatic carbocycles. The maximum absolute atomic E-state index is 13.1. The van der Waals surface area contributed by atoms with E-state index in [0.717, 1.165) is 24.2 Å². The molecule has 0 spiro atoms. The maximum atomic E-state index is 13.1. The van der Waals surface area contributed by atoms with Crippen molar-refractivity contribution >= 4 is 10.0 Å². The summed E-state index contributed by atoms with van der Waals surface area (Å²) in [7, 11) is -3.43. The number of hydrogen-bond donors (Lipinski definition) is 1. The molecule has 2 aliphatic heterocycles. The standard InChI is InChI=1S/C16H24N2O2S/c1-11-5-12(2)7-14(6-11)21(19,20)18-10-13-8-17-9-15(13)16(18,3)4/h5-7,13,15,17H,8-10H2,1-4H3. The molecule has 0 bridgehead atoms. The summed E-state index contributed by atoms with van der Waals surface area (Å²) in [6.07, 6.45) is 0. The van der Waals surface area contributed by atoms with E-state index in [2.05, 4.69) is 19.2 Å². The van der Waals surface area contributed by atoms with Crippen LogP contribution in [0.4, 0.5) is 0 Å². The van der Waals surface area contributed by atoms with Gasteiger partial charge in [-0.3, -0.25) is 0 Å². The zero-order valence-electron chi connectivity index (χ0n) is 13.2. The molecule has 0 saturated carbocycles. The number of rotatable bonds is 2. The molecule has 0 amide bonds. The van der Waals surface area contributed by atoms with Gasteiger partial charge in [-0.1, -0.05) is 6.07 Å². The zero-order chi connectivity index (χ0) is 15.4. The topological polar surface area (TPSA) is 49.4 Å². The minimum absolute atomic E-state index is 0.329. The highest BCUT2D eigenvalue weighted by molar-refractivity contribution is 7.89. The number of fused-ring (bicyclic) bond motifs is 1. The van der Waals surface area contributed by atoms with Gasteiger partial charge in [-0.2, -0.15) is 4.31 Å². The molecule has 2 fully saturated rings. The van der Waals surface area contributed by atoms with E-state index >= 15 is 0 Å². The Balaban J connectivity index is 2.02. The van der Waals surface area contributed by atoms with Gasteiger partial charge in [0.05, 0.1) is 4.90 Å². The summed E-state index contributed by atoms with van der Waals surface area (Å²) in [5, 5.41) is 3.39. The molecule has 21 heavy (non-hydrogen) atoms. The minimum atomic E-state index is -3.43. The Morgan fingerprint density at radius 2 is 1.76 bits per heavy atom. The van der Waals surface area contributed by atoms with Crippen LogP contribution in [0.2, 0.25) is 0 Å². The number of benzene rings is 1. The fraction of sp³-hybridized carbons (Fsp3) is 0.625. The summed E-state index contributed by atoms with van der Waals surface area (Å²) in [4.78, 5) is 0.431. The van der Waals surface area contributed by atoms with Gasteiger partial charge in [0.1, 0.15) is 0 Å². The second kappa shape index (κ2) is 4.80. The molecule has 2 saturated heterocycles. The highest BCUT2D eigenvalue weighted by atomic mass is 32.2. The fourth-order valence-corrected chi connectivity index (χ4v) is 6.07. The van der Waals surface area contributed by atoms with Gasteiger partial charge in [-0.15, -0.1) is 0 Å². The lowest BCUT2D eigenvalue weighted by molar-refractivity contribution is 0.233. The Morgan fingerprint density at radius 1 is 1.14 bits per heavy atom. The Morgan fingerprint density at radius 3 is 2.33 bits per heavy atom. The molecule has 5 heteroatoms. The van der Waals surface area contributed by atoms with E-state index in [-0.39, 0.29) is 5.54 Å². The van der Waals surface area contributed by atoms with Gasteiger partial charge in [-0.25, -0.2) is 8.42 Å². The first-order valence-corrected chi connectivity index (χ1v) is 8.99. The predicted octanol–water partition coefficient (Wildman–Crippen LogP) is 1.92. The maximum Gasteiger partial charge on any atom is 0.243 e. The molecule has 1 aromatic carbocycles. The van der Waals surface area contributed by atoms with E-state index in [9.17, 15) is 8.42 Å². The van der Waals surface area contributed by atoms with Crippen molar-refractivity contribution < 1.29 is 8.42 Å². The molecular formula is C16H24N2O2S. The van der Waals surface area contributed by atoms with Gasteiger partial charge in [0.15, 0.2) is 0 Å². The lowest BCUT2D eigenvalue weighted by atomic mass is 9.85. The van der Waals surface area contributed by atoms with E-state index in [4.69, 9.17) is 0 Å². The Kier molecular flexibility index (Phi) is 3.43. The Labute approximate surface area is 127 Å². The van der Waals surface area contributed by atoms with Crippen LogP contribution in [0.1, 0.15) is 25.0 Å². The number of nitrogens with one attached hydrogen (secondary N) is 1. The molecule has 2 aliphatic rings. The van der Waals surface area contributed by atoms with Gasteiger partial charge in [0, 0.05) is 18.6 Å². The predicted molar refractivity (Wildman–Crippen MR) is 83.7 cm³/mol. The molecule has 2 heterocycles. The second-order valence-electron chi connectivity index (χ2n) is 7.04. The zero-order valence-corrected chi connectivity index (χ0v) is 14.0. The molecule has 2 unspecified atom stereocenters. The normalized spacial score (nSPS) is 28.8. The molecule has 116 valence electrons. The van der Waals surface area contributed by atoms with Gasteiger partial charge in [-0.05, 0) is 69.3 Å². The van der Waals surface area contributed by atoms with Crippen molar-refractivity contribution in [3.63, 3.8) is 0 Å². The van der Waals surface area contributed by atoms with Crippen molar-refractivity contribution in [2.45, 2.75) is 38.1 Å². The smallest absolute Gasteiger partial charge is 0.243 e. The molecule has 1 N–H and O–H groups in total. The molecular weight excluding hydrogens is 284 g/mol. The van der Waals surface area contributed by atoms with Crippen LogP contribution in [0.25, 0.3) is 0 Å². The van der Waals surface area contributed by atoms with Crippen molar-refractivity contribution in [1.82, 2.24) is 9.62 Å². The van der Waals surface area contributed by atoms with Crippen LogP contribution in [0.15, 0.2) is 23.1 Å². The van der Waals surface area contributed by atoms with Crippen molar-refractivity contribution in [2.24, 2.45) is 11.8 Å². The lowest BCUT2D eigenvalue weighted by Gasteiger charge is -2.34. The van der Waals surface area contributed by atoms with Crippen LogP contribution in [-0.4, -0.2) is 37.9 Å². The van der Waals surface area contributed by atoms with Crippen molar-refractivity contribution in [3.05, 3.63) is 29.3 Å². The third kappa shape index (κ3) is 2.31. The van der Waals surface area contributed by atoms with Crippen LogP contribution in [0.5, 0.6) is 0 Å². The fourth-order valence-electron chi connectivity index (χ4n) is 4.00. The summed E-state index contributed by atoms with van der Waals surface area (Å²) in [6, 6.07) is 5.57. The first kappa shape index (κ1) is 15.0. The molecule has 1 aromatic rings. The van der Waals surface area contributed by atoms with Crippen LogP contribution in [0.3, 0.4) is 0 Å². The second-order valence-corrected chi connectivity index (χ2v) is 8.90. The number of aryl methyl sites for hydroxylation is 2. The Hall–Kier alpha value is -0.910. The minimum Gasteiger partial charge on any atom is -0.316 e. The number of sulfonamides is 1. The average Bonchev–Trinajstić information content (AvgIpc) is 2.91. The van der Waals surface area contributed by atoms with E-state index < -0.39 is 10.0 Å². The average molecular weight is 308 g/mol. The van der Waals surface area contributed by atoms with Crippen LogP contribution in [-0.2, 0) is 10.0 Å². The highest BCUT2D eigenvalue weighted by Gasteiger charge is 2.54. The SMILES string of the molecule is Cc1cc(C)cc(S(=O)(=O)N2CC3CNCC3C2(C)C)c1. The first-order chi connectivity index (χ1) is 9.73. The van der Waals surface area contributed by atoms with Gasteiger partial charge in [0.25, 0.3) is 0 Å². The van der Waals surface area contributed by atoms with Crippen molar-refractivity contribution in [1.29, 1.82) is 0 Å². The molecule has 2 atom stereocenters. The van der Waals surface area contributed by atoms with Crippen molar-refractivity contribution in [3.8, 4) is 0 Å². The number of nitrogens with zero attached hydrogens (tertiary/aromatic N) is 1. The third-order valence-corrected chi connectivity index (χ3v) is 7.10. The van der Waals surface area contributed by atoms with Crippen LogP contribution >= 0.6 is 0 Å². The van der Waals surface area contributed by atoms with E-state index in [0.29, 0.717) is 23.3 Å². The first-order valence-electron chi connectivity index (χ1n) is 7.55. The van der Waals surface area contributed by atoms with E-state index in [1.54, 1.807) is 16.4 Å². The van der Waals surface area contributed by atoms with Gasteiger partial charge in [0.2, 0.25) is 10.0 Å². The monoisotopic (exact) mass is 308 g/mol. The quantitative estimate of drug-likeness (QED) is 0.908. The van der Waals surface area contributed by atoms with Crippen LogP contribution < -0.4 is 5.32 Å². The van der Waals surface area contributed by atoms with Crippen LogP contribution in [0, 0.1) is 25.7 Å². The summed E-state index contributed by atoms with van der Waals surface area (Å²) < 4.78 is 27.9. The van der Waals surface area contributed by atoms with E-state index in [1.165, 1.54) is 0 Å². The summed E-state index contributed by atoms with van der Waals surface area (Å²) >= 11 is 0.